The molecular weight excluding hydrogens is 314 g/mol. The van der Waals surface area contributed by atoms with E-state index in [0.29, 0.717) is 12.6 Å². The number of halogens is 2. The van der Waals surface area contributed by atoms with Crippen LogP contribution in [0, 0.1) is 0 Å². The third kappa shape index (κ3) is 3.27. The number of nitrogens with one attached hydrogen (secondary N) is 1. The third-order valence-electron chi connectivity index (χ3n) is 2.63. The highest BCUT2D eigenvalue weighted by Crippen LogP contribution is 2.22. The SMILES string of the molecule is CC(C)n1cc(NCc2ccc(Br)cc2Cl)cn1. The van der Waals surface area contributed by atoms with Crippen molar-refractivity contribution in [3.05, 3.63) is 45.7 Å². The summed E-state index contributed by atoms with van der Waals surface area (Å²) in [5.41, 5.74) is 2.07. The highest BCUT2D eigenvalue weighted by molar-refractivity contribution is 9.10. The van der Waals surface area contributed by atoms with Gasteiger partial charge in [0.2, 0.25) is 0 Å². The van der Waals surface area contributed by atoms with Crippen molar-refractivity contribution in [2.45, 2.75) is 26.4 Å². The van der Waals surface area contributed by atoms with E-state index >= 15 is 0 Å². The van der Waals surface area contributed by atoms with Gasteiger partial charge in [0.25, 0.3) is 0 Å². The lowest BCUT2D eigenvalue weighted by Gasteiger charge is -2.07. The average Bonchev–Trinajstić information content (AvgIpc) is 2.76. The van der Waals surface area contributed by atoms with Crippen LogP contribution < -0.4 is 5.32 Å². The Hall–Kier alpha value is -1.00. The molecule has 0 aliphatic rings. The van der Waals surface area contributed by atoms with Crippen molar-refractivity contribution < 1.29 is 0 Å². The van der Waals surface area contributed by atoms with Crippen molar-refractivity contribution in [1.29, 1.82) is 0 Å². The summed E-state index contributed by atoms with van der Waals surface area (Å²) in [4.78, 5) is 0. The van der Waals surface area contributed by atoms with E-state index in [-0.39, 0.29) is 0 Å². The van der Waals surface area contributed by atoms with Gasteiger partial charge in [-0.1, -0.05) is 33.6 Å². The van der Waals surface area contributed by atoms with Gasteiger partial charge in [0.1, 0.15) is 0 Å². The van der Waals surface area contributed by atoms with Gasteiger partial charge in [-0.05, 0) is 31.5 Å². The third-order valence-corrected chi connectivity index (χ3v) is 3.47. The second-order valence-corrected chi connectivity index (χ2v) is 5.71. The van der Waals surface area contributed by atoms with Crippen molar-refractivity contribution in [3.63, 3.8) is 0 Å². The van der Waals surface area contributed by atoms with E-state index in [1.54, 1.807) is 0 Å². The molecule has 0 fully saturated rings. The first-order chi connectivity index (χ1) is 8.56. The molecule has 3 nitrogen and oxygen atoms in total. The molecule has 5 heteroatoms. The predicted molar refractivity (Wildman–Crippen MR) is 79.1 cm³/mol. The van der Waals surface area contributed by atoms with Crippen LogP contribution in [0.15, 0.2) is 35.1 Å². The fourth-order valence-electron chi connectivity index (χ4n) is 1.57. The smallest absolute Gasteiger partial charge is 0.0729 e. The summed E-state index contributed by atoms with van der Waals surface area (Å²) in [5, 5.41) is 8.35. The van der Waals surface area contributed by atoms with E-state index in [1.165, 1.54) is 0 Å². The van der Waals surface area contributed by atoms with Crippen LogP contribution in [-0.2, 0) is 6.54 Å². The zero-order valence-corrected chi connectivity index (χ0v) is 12.7. The minimum atomic E-state index is 0.372. The Kier molecular flexibility index (Phi) is 4.30. The molecule has 1 N–H and O–H groups in total. The van der Waals surface area contributed by atoms with Gasteiger partial charge in [0, 0.05) is 28.3 Å². The normalized spacial score (nSPS) is 10.9. The molecule has 0 saturated heterocycles. The van der Waals surface area contributed by atoms with Crippen LogP contribution >= 0.6 is 27.5 Å². The summed E-state index contributed by atoms with van der Waals surface area (Å²) in [6.45, 7) is 4.89. The van der Waals surface area contributed by atoms with Crippen LogP contribution in [0.1, 0.15) is 25.5 Å². The fraction of sp³-hybridized carbons (Fsp3) is 0.308. The Morgan fingerprint density at radius 1 is 1.44 bits per heavy atom. The molecule has 0 bridgehead atoms. The van der Waals surface area contributed by atoms with Gasteiger partial charge in [-0.25, -0.2) is 0 Å². The Morgan fingerprint density at radius 3 is 2.83 bits per heavy atom. The first kappa shape index (κ1) is 13.4. The highest BCUT2D eigenvalue weighted by Gasteiger charge is 2.03. The minimum absolute atomic E-state index is 0.372. The number of rotatable bonds is 4. The topological polar surface area (TPSA) is 29.9 Å². The Balaban J connectivity index is 2.02. The highest BCUT2D eigenvalue weighted by atomic mass is 79.9. The van der Waals surface area contributed by atoms with Crippen LogP contribution in [0.4, 0.5) is 5.69 Å². The van der Waals surface area contributed by atoms with Crippen LogP contribution in [-0.4, -0.2) is 9.78 Å². The zero-order valence-electron chi connectivity index (χ0n) is 10.3. The average molecular weight is 329 g/mol. The maximum absolute atomic E-state index is 6.16. The number of hydrogen-bond donors (Lipinski definition) is 1. The molecule has 2 rings (SSSR count). The molecule has 1 aromatic heterocycles. The lowest BCUT2D eigenvalue weighted by atomic mass is 10.2. The summed E-state index contributed by atoms with van der Waals surface area (Å²) in [7, 11) is 0. The van der Waals surface area contributed by atoms with Gasteiger partial charge in [0.15, 0.2) is 0 Å². The molecule has 0 atom stereocenters. The van der Waals surface area contributed by atoms with Crippen molar-refractivity contribution in [1.82, 2.24) is 9.78 Å². The van der Waals surface area contributed by atoms with Crippen LogP contribution in [0.25, 0.3) is 0 Å². The summed E-state index contributed by atoms with van der Waals surface area (Å²) in [6, 6.07) is 6.26. The molecule has 2 aromatic rings. The molecule has 0 spiro atoms. The fourth-order valence-corrected chi connectivity index (χ4v) is 2.31. The Labute approximate surface area is 120 Å². The molecule has 0 aliphatic carbocycles. The molecular formula is C13H15BrClN3. The van der Waals surface area contributed by atoms with Gasteiger partial charge in [0.05, 0.1) is 11.9 Å². The molecule has 0 radical (unpaired) electrons. The molecule has 18 heavy (non-hydrogen) atoms. The molecule has 0 aliphatic heterocycles. The van der Waals surface area contributed by atoms with E-state index in [1.807, 2.05) is 35.3 Å². The van der Waals surface area contributed by atoms with E-state index in [4.69, 9.17) is 11.6 Å². The lowest BCUT2D eigenvalue weighted by molar-refractivity contribution is 0.532. The summed E-state index contributed by atoms with van der Waals surface area (Å²) in [6.07, 6.45) is 3.82. The minimum Gasteiger partial charge on any atom is -0.378 e. The Bertz CT molecular complexity index is 537. The van der Waals surface area contributed by atoms with Gasteiger partial charge < -0.3 is 5.32 Å². The first-order valence-corrected chi connectivity index (χ1v) is 6.95. The molecule has 0 unspecified atom stereocenters. The number of benzene rings is 1. The van der Waals surface area contributed by atoms with Crippen LogP contribution in [0.2, 0.25) is 5.02 Å². The number of nitrogens with zero attached hydrogens (tertiary/aromatic N) is 2. The van der Waals surface area contributed by atoms with E-state index in [9.17, 15) is 0 Å². The van der Waals surface area contributed by atoms with E-state index in [2.05, 4.69) is 40.2 Å². The van der Waals surface area contributed by atoms with Crippen molar-refractivity contribution >= 4 is 33.2 Å². The molecule has 0 saturated carbocycles. The van der Waals surface area contributed by atoms with Crippen LogP contribution in [0.3, 0.4) is 0 Å². The summed E-state index contributed by atoms with van der Waals surface area (Å²) >= 11 is 9.55. The number of aromatic nitrogens is 2. The molecule has 96 valence electrons. The number of anilines is 1. The monoisotopic (exact) mass is 327 g/mol. The van der Waals surface area contributed by atoms with Crippen molar-refractivity contribution in [3.8, 4) is 0 Å². The van der Waals surface area contributed by atoms with Gasteiger partial charge >= 0.3 is 0 Å². The lowest BCUT2D eigenvalue weighted by Crippen LogP contribution is -2.01. The predicted octanol–water partition coefficient (Wildman–Crippen LogP) is 4.49. The first-order valence-electron chi connectivity index (χ1n) is 5.78. The van der Waals surface area contributed by atoms with Crippen LogP contribution in [0.5, 0.6) is 0 Å². The Morgan fingerprint density at radius 2 is 2.22 bits per heavy atom. The molecule has 1 aromatic carbocycles. The van der Waals surface area contributed by atoms with Gasteiger partial charge in [-0.2, -0.15) is 5.10 Å². The maximum Gasteiger partial charge on any atom is 0.0729 e. The summed E-state index contributed by atoms with van der Waals surface area (Å²) < 4.78 is 2.91. The van der Waals surface area contributed by atoms with Crippen molar-refractivity contribution in [2.75, 3.05) is 5.32 Å². The molecule has 0 amide bonds. The van der Waals surface area contributed by atoms with Gasteiger partial charge in [-0.3, -0.25) is 4.68 Å². The van der Waals surface area contributed by atoms with E-state index < -0.39 is 0 Å². The zero-order chi connectivity index (χ0) is 13.1. The largest absolute Gasteiger partial charge is 0.378 e. The molecule has 1 heterocycles. The van der Waals surface area contributed by atoms with E-state index in [0.717, 1.165) is 20.7 Å². The standard InChI is InChI=1S/C13H15BrClN3/c1-9(2)18-8-12(7-17-18)16-6-10-3-4-11(14)5-13(10)15/h3-5,7-9,16H,6H2,1-2H3. The maximum atomic E-state index is 6.16. The second-order valence-electron chi connectivity index (χ2n) is 4.39. The second kappa shape index (κ2) is 5.76. The number of hydrogen-bond acceptors (Lipinski definition) is 2. The quantitative estimate of drug-likeness (QED) is 0.896. The van der Waals surface area contributed by atoms with Gasteiger partial charge in [-0.15, -0.1) is 0 Å². The summed E-state index contributed by atoms with van der Waals surface area (Å²) in [5.74, 6) is 0. The van der Waals surface area contributed by atoms with Crippen molar-refractivity contribution in [2.24, 2.45) is 0 Å².